The minimum atomic E-state index is 0. The van der Waals surface area contributed by atoms with Gasteiger partial charge in [-0.05, 0) is 25.3 Å². The van der Waals surface area contributed by atoms with E-state index in [1.807, 2.05) is 11.0 Å². The third-order valence-electron chi connectivity index (χ3n) is 4.90. The average Bonchev–Trinajstić information content (AvgIpc) is 2.74. The van der Waals surface area contributed by atoms with Crippen LogP contribution < -0.4 is 15.5 Å². The van der Waals surface area contributed by atoms with E-state index in [2.05, 4.69) is 51.3 Å². The summed E-state index contributed by atoms with van der Waals surface area (Å²) in [6.45, 7) is 11.7. The number of aliphatic imine (C=N–C) groups is 1. The van der Waals surface area contributed by atoms with Crippen LogP contribution in [0.2, 0.25) is 0 Å². The molecule has 1 aliphatic heterocycles. The number of piperazine rings is 1. The van der Waals surface area contributed by atoms with Gasteiger partial charge in [-0.2, -0.15) is 0 Å². The lowest BCUT2D eigenvalue weighted by molar-refractivity contribution is -0.131. The number of carbonyl (C=O) groups is 1. The van der Waals surface area contributed by atoms with E-state index < -0.39 is 0 Å². The summed E-state index contributed by atoms with van der Waals surface area (Å²) >= 11 is 0. The summed E-state index contributed by atoms with van der Waals surface area (Å²) in [4.78, 5) is 29.8. The van der Waals surface area contributed by atoms with Crippen LogP contribution in [0.3, 0.4) is 0 Å². The maximum absolute atomic E-state index is 12.5. The molecule has 1 fully saturated rings. The highest BCUT2D eigenvalue weighted by molar-refractivity contribution is 14.0. The van der Waals surface area contributed by atoms with Gasteiger partial charge in [-0.1, -0.05) is 26.7 Å². The number of hydrogen-bond acceptors (Lipinski definition) is 5. The van der Waals surface area contributed by atoms with Gasteiger partial charge in [-0.15, -0.1) is 24.0 Å². The van der Waals surface area contributed by atoms with Gasteiger partial charge in [0.2, 0.25) is 11.9 Å². The minimum Gasteiger partial charge on any atom is -0.357 e. The Morgan fingerprint density at radius 1 is 1.13 bits per heavy atom. The Hall–Kier alpha value is -1.65. The van der Waals surface area contributed by atoms with Gasteiger partial charge < -0.3 is 20.4 Å². The summed E-state index contributed by atoms with van der Waals surface area (Å²) in [6.07, 6.45) is 7.53. The molecule has 2 heterocycles. The van der Waals surface area contributed by atoms with Crippen molar-refractivity contribution in [2.45, 2.75) is 46.5 Å². The molecule has 1 aliphatic rings. The first-order valence-corrected chi connectivity index (χ1v) is 10.9. The molecule has 9 heteroatoms. The zero-order chi connectivity index (χ0) is 20.9. The molecule has 2 rings (SSSR count). The summed E-state index contributed by atoms with van der Waals surface area (Å²) < 4.78 is 0. The average molecular weight is 531 g/mol. The normalized spacial score (nSPS) is 14.5. The van der Waals surface area contributed by atoms with Crippen molar-refractivity contribution in [3.8, 4) is 0 Å². The van der Waals surface area contributed by atoms with E-state index in [1.54, 1.807) is 12.4 Å². The number of aromatic nitrogens is 2. The summed E-state index contributed by atoms with van der Waals surface area (Å²) in [5, 5.41) is 6.54. The molecule has 0 atom stereocenters. The molecule has 170 valence electrons. The van der Waals surface area contributed by atoms with Gasteiger partial charge in [0, 0.05) is 64.6 Å². The molecule has 0 aromatic carbocycles. The van der Waals surface area contributed by atoms with E-state index in [1.165, 1.54) is 12.8 Å². The second kappa shape index (κ2) is 15.2. The molecule has 0 radical (unpaired) electrons. The van der Waals surface area contributed by atoms with Crippen LogP contribution in [0.15, 0.2) is 23.5 Å². The van der Waals surface area contributed by atoms with E-state index >= 15 is 0 Å². The fourth-order valence-corrected chi connectivity index (χ4v) is 3.25. The number of rotatable bonds is 10. The molecule has 8 nitrogen and oxygen atoms in total. The Morgan fingerprint density at radius 2 is 1.83 bits per heavy atom. The largest absolute Gasteiger partial charge is 0.357 e. The number of nitrogens with one attached hydrogen (secondary N) is 2. The van der Waals surface area contributed by atoms with Gasteiger partial charge in [0.05, 0.1) is 0 Å². The van der Waals surface area contributed by atoms with Crippen molar-refractivity contribution in [3.05, 3.63) is 18.5 Å². The molecule has 0 bridgehead atoms. The SMILES string of the molecule is CCNC(=NCCCCC(C)C)NCCC(=O)N1CCN(c2ncccn2)CC1.I. The van der Waals surface area contributed by atoms with Gasteiger partial charge in [-0.3, -0.25) is 9.79 Å². The van der Waals surface area contributed by atoms with Gasteiger partial charge in [-0.25, -0.2) is 9.97 Å². The zero-order valence-corrected chi connectivity index (χ0v) is 21.0. The molecule has 1 saturated heterocycles. The lowest BCUT2D eigenvalue weighted by Gasteiger charge is -2.34. The van der Waals surface area contributed by atoms with Crippen LogP contribution in [0.5, 0.6) is 0 Å². The van der Waals surface area contributed by atoms with Crippen molar-refractivity contribution in [2.75, 3.05) is 50.7 Å². The molecule has 1 aromatic heterocycles. The van der Waals surface area contributed by atoms with Crippen molar-refractivity contribution >= 4 is 41.8 Å². The van der Waals surface area contributed by atoms with E-state index in [0.717, 1.165) is 50.4 Å². The van der Waals surface area contributed by atoms with E-state index in [0.29, 0.717) is 26.1 Å². The summed E-state index contributed by atoms with van der Waals surface area (Å²) in [6, 6.07) is 1.81. The van der Waals surface area contributed by atoms with Crippen molar-refractivity contribution in [1.29, 1.82) is 0 Å². The molecule has 1 amide bonds. The molecule has 0 saturated carbocycles. The number of carbonyl (C=O) groups excluding carboxylic acids is 1. The Kier molecular flexibility index (Phi) is 13.4. The monoisotopic (exact) mass is 531 g/mol. The fraction of sp³-hybridized carbons (Fsp3) is 0.714. The first-order valence-electron chi connectivity index (χ1n) is 10.9. The quantitative estimate of drug-likeness (QED) is 0.209. The Balaban J connectivity index is 0.00000450. The number of hydrogen-bond donors (Lipinski definition) is 2. The third kappa shape index (κ3) is 9.90. The van der Waals surface area contributed by atoms with Crippen LogP contribution in [0, 0.1) is 5.92 Å². The molecule has 1 aromatic rings. The predicted molar refractivity (Wildman–Crippen MR) is 134 cm³/mol. The van der Waals surface area contributed by atoms with E-state index in [-0.39, 0.29) is 29.9 Å². The molecular formula is C21H38IN7O. The highest BCUT2D eigenvalue weighted by Crippen LogP contribution is 2.10. The molecular weight excluding hydrogens is 493 g/mol. The molecule has 0 unspecified atom stereocenters. The van der Waals surface area contributed by atoms with Gasteiger partial charge >= 0.3 is 0 Å². The summed E-state index contributed by atoms with van der Waals surface area (Å²) in [5.74, 6) is 2.47. The van der Waals surface area contributed by atoms with Crippen LogP contribution in [-0.2, 0) is 4.79 Å². The predicted octanol–water partition coefficient (Wildman–Crippen LogP) is 2.51. The number of guanidine groups is 1. The maximum Gasteiger partial charge on any atom is 0.225 e. The zero-order valence-electron chi connectivity index (χ0n) is 18.6. The number of nitrogens with zero attached hydrogens (tertiary/aromatic N) is 5. The third-order valence-corrected chi connectivity index (χ3v) is 4.90. The molecule has 0 spiro atoms. The van der Waals surface area contributed by atoms with Crippen molar-refractivity contribution in [2.24, 2.45) is 10.9 Å². The van der Waals surface area contributed by atoms with Gasteiger partial charge in [0.25, 0.3) is 0 Å². The lowest BCUT2D eigenvalue weighted by Crippen LogP contribution is -2.50. The van der Waals surface area contributed by atoms with Crippen LogP contribution in [-0.4, -0.2) is 72.5 Å². The molecule has 2 N–H and O–H groups in total. The van der Waals surface area contributed by atoms with Crippen LogP contribution in [0.25, 0.3) is 0 Å². The first kappa shape index (κ1) is 26.4. The smallest absolute Gasteiger partial charge is 0.225 e. The highest BCUT2D eigenvalue weighted by Gasteiger charge is 2.22. The fourth-order valence-electron chi connectivity index (χ4n) is 3.25. The summed E-state index contributed by atoms with van der Waals surface area (Å²) in [5.41, 5.74) is 0. The number of amides is 1. The van der Waals surface area contributed by atoms with Crippen molar-refractivity contribution in [3.63, 3.8) is 0 Å². The number of anilines is 1. The first-order chi connectivity index (χ1) is 14.1. The van der Waals surface area contributed by atoms with Crippen LogP contribution >= 0.6 is 24.0 Å². The van der Waals surface area contributed by atoms with E-state index in [4.69, 9.17) is 0 Å². The molecule has 30 heavy (non-hydrogen) atoms. The van der Waals surface area contributed by atoms with Crippen LogP contribution in [0.1, 0.15) is 46.5 Å². The second-order valence-electron chi connectivity index (χ2n) is 7.74. The number of halogens is 1. The van der Waals surface area contributed by atoms with Crippen LogP contribution in [0.4, 0.5) is 5.95 Å². The van der Waals surface area contributed by atoms with E-state index in [9.17, 15) is 4.79 Å². The van der Waals surface area contributed by atoms with Crippen molar-refractivity contribution < 1.29 is 4.79 Å². The summed E-state index contributed by atoms with van der Waals surface area (Å²) in [7, 11) is 0. The topological polar surface area (TPSA) is 85.8 Å². The Morgan fingerprint density at radius 3 is 2.47 bits per heavy atom. The van der Waals surface area contributed by atoms with Gasteiger partial charge in [0.1, 0.15) is 0 Å². The van der Waals surface area contributed by atoms with Crippen molar-refractivity contribution in [1.82, 2.24) is 25.5 Å². The lowest BCUT2D eigenvalue weighted by atomic mass is 10.1. The second-order valence-corrected chi connectivity index (χ2v) is 7.74. The highest BCUT2D eigenvalue weighted by atomic mass is 127. The Bertz CT molecular complexity index is 619. The maximum atomic E-state index is 12.5. The van der Waals surface area contributed by atoms with Gasteiger partial charge in [0.15, 0.2) is 5.96 Å². The standard InChI is InChI=1S/C21H37N7O.HI/c1-4-22-20(23-10-6-5-8-18(2)3)24-13-9-19(29)27-14-16-28(17-15-27)21-25-11-7-12-26-21;/h7,11-12,18H,4-6,8-10,13-17H2,1-3H3,(H2,22,23,24);1H. The number of unbranched alkanes of at least 4 members (excludes halogenated alkanes) is 1. The molecule has 0 aliphatic carbocycles. The Labute approximate surface area is 198 Å². The minimum absolute atomic E-state index is 0.